The highest BCUT2D eigenvalue weighted by atomic mass is 16.7. The fourth-order valence-corrected chi connectivity index (χ4v) is 2.52. The van der Waals surface area contributed by atoms with E-state index >= 15 is 0 Å². The van der Waals surface area contributed by atoms with Crippen LogP contribution >= 0.6 is 0 Å². The van der Waals surface area contributed by atoms with Crippen LogP contribution in [-0.4, -0.2) is 44.4 Å². The van der Waals surface area contributed by atoms with Crippen molar-refractivity contribution >= 4 is 0 Å². The van der Waals surface area contributed by atoms with Crippen LogP contribution in [0.15, 0.2) is 18.2 Å². The molecule has 0 unspecified atom stereocenters. The number of benzene rings is 1. The van der Waals surface area contributed by atoms with Crippen molar-refractivity contribution in [2.45, 2.75) is 13.0 Å². The number of rotatable bonds is 3. The molecule has 2 heterocycles. The molecule has 0 bridgehead atoms. The van der Waals surface area contributed by atoms with E-state index in [-0.39, 0.29) is 0 Å². The highest BCUT2D eigenvalue weighted by Crippen LogP contribution is 2.24. The van der Waals surface area contributed by atoms with Gasteiger partial charge in [-0.3, -0.25) is 0 Å². The summed E-state index contributed by atoms with van der Waals surface area (Å²) in [5.74, 6) is 0.979. The Bertz CT molecular complexity index is 403. The van der Waals surface area contributed by atoms with Gasteiger partial charge in [0.2, 0.25) is 0 Å². The van der Waals surface area contributed by atoms with Gasteiger partial charge in [-0.1, -0.05) is 6.07 Å². The lowest BCUT2D eigenvalue weighted by atomic mass is 10.1. The molecule has 0 radical (unpaired) electrons. The molecule has 0 saturated carbocycles. The Morgan fingerprint density at radius 2 is 2.11 bits per heavy atom. The van der Waals surface area contributed by atoms with Crippen molar-refractivity contribution in [3.8, 4) is 5.75 Å². The molecule has 0 aromatic heterocycles. The minimum absolute atomic E-state index is 0.382. The molecule has 0 atom stereocenters. The zero-order valence-electron chi connectivity index (χ0n) is 10.7. The zero-order chi connectivity index (χ0) is 12.2. The maximum atomic E-state index is 5.43. The predicted octanol–water partition coefficient (Wildman–Crippen LogP) is 1.00. The van der Waals surface area contributed by atoms with Gasteiger partial charge < -0.3 is 19.7 Å². The van der Waals surface area contributed by atoms with Gasteiger partial charge in [0.05, 0.1) is 6.61 Å². The van der Waals surface area contributed by atoms with Crippen molar-refractivity contribution in [2.75, 3.05) is 39.5 Å². The molecule has 0 aliphatic carbocycles. The van der Waals surface area contributed by atoms with Gasteiger partial charge in [-0.15, -0.1) is 0 Å². The highest BCUT2D eigenvalue weighted by Gasteiger charge is 2.12. The molecule has 3 rings (SSSR count). The van der Waals surface area contributed by atoms with E-state index in [1.54, 1.807) is 0 Å². The summed E-state index contributed by atoms with van der Waals surface area (Å²) in [6.07, 6.45) is 1.10. The van der Waals surface area contributed by atoms with Crippen LogP contribution in [0.4, 0.5) is 0 Å². The predicted molar refractivity (Wildman–Crippen MR) is 69.7 cm³/mol. The molecule has 1 fully saturated rings. The SMILES string of the molecule is c1cc2c(cc1CCN1CCNCC1)COCO2. The minimum Gasteiger partial charge on any atom is -0.467 e. The first-order valence-corrected chi connectivity index (χ1v) is 6.67. The standard InChI is InChI=1S/C14H20N2O2/c1-2-14-13(10-17-11-18-14)9-12(1)3-6-16-7-4-15-5-8-16/h1-2,9,15H,3-8,10-11H2. The van der Waals surface area contributed by atoms with E-state index in [9.17, 15) is 0 Å². The van der Waals surface area contributed by atoms with Crippen molar-refractivity contribution in [3.63, 3.8) is 0 Å². The van der Waals surface area contributed by atoms with Crippen molar-refractivity contribution in [3.05, 3.63) is 29.3 Å². The maximum absolute atomic E-state index is 5.43. The van der Waals surface area contributed by atoms with E-state index in [0.29, 0.717) is 13.4 Å². The summed E-state index contributed by atoms with van der Waals surface area (Å²) in [5, 5.41) is 3.38. The lowest BCUT2D eigenvalue weighted by Crippen LogP contribution is -2.44. The average Bonchev–Trinajstić information content (AvgIpc) is 2.46. The molecule has 4 nitrogen and oxygen atoms in total. The second-order valence-electron chi connectivity index (χ2n) is 4.89. The molecule has 0 spiro atoms. The summed E-state index contributed by atoms with van der Waals surface area (Å²) in [5.41, 5.74) is 2.56. The Morgan fingerprint density at radius 1 is 1.22 bits per heavy atom. The number of ether oxygens (including phenoxy) is 2. The van der Waals surface area contributed by atoms with Crippen LogP contribution in [0.1, 0.15) is 11.1 Å². The van der Waals surface area contributed by atoms with E-state index in [2.05, 4.69) is 28.4 Å². The largest absolute Gasteiger partial charge is 0.467 e. The van der Waals surface area contributed by atoms with E-state index in [1.807, 2.05) is 0 Å². The first-order chi connectivity index (χ1) is 8.92. The van der Waals surface area contributed by atoms with Gasteiger partial charge in [-0.25, -0.2) is 0 Å². The Balaban J connectivity index is 1.58. The van der Waals surface area contributed by atoms with Crippen molar-refractivity contribution in [2.24, 2.45) is 0 Å². The summed E-state index contributed by atoms with van der Waals surface area (Å²) >= 11 is 0. The van der Waals surface area contributed by atoms with Crippen LogP contribution in [0.3, 0.4) is 0 Å². The number of nitrogens with zero attached hydrogens (tertiary/aromatic N) is 1. The van der Waals surface area contributed by atoms with Gasteiger partial charge in [-0.05, 0) is 24.1 Å². The fourth-order valence-electron chi connectivity index (χ4n) is 2.52. The van der Waals surface area contributed by atoms with E-state index in [4.69, 9.17) is 9.47 Å². The molecule has 1 aromatic carbocycles. The normalized spacial score (nSPS) is 20.2. The third-order valence-electron chi connectivity index (χ3n) is 3.61. The Kier molecular flexibility index (Phi) is 3.78. The summed E-state index contributed by atoms with van der Waals surface area (Å²) in [4.78, 5) is 2.52. The molecule has 1 aromatic rings. The molecule has 4 heteroatoms. The molecule has 2 aliphatic heterocycles. The van der Waals surface area contributed by atoms with Crippen molar-refractivity contribution in [1.29, 1.82) is 0 Å². The summed E-state index contributed by atoms with van der Waals surface area (Å²) < 4.78 is 10.7. The zero-order valence-corrected chi connectivity index (χ0v) is 10.7. The average molecular weight is 248 g/mol. The monoisotopic (exact) mass is 248 g/mol. The maximum Gasteiger partial charge on any atom is 0.189 e. The Labute approximate surface area is 108 Å². The van der Waals surface area contributed by atoms with Gasteiger partial charge in [0.1, 0.15) is 5.75 Å². The van der Waals surface area contributed by atoms with Crippen LogP contribution in [0, 0.1) is 0 Å². The number of fused-ring (bicyclic) bond motifs is 1. The van der Waals surface area contributed by atoms with Crippen LogP contribution in [0.25, 0.3) is 0 Å². The fraction of sp³-hybridized carbons (Fsp3) is 0.571. The van der Waals surface area contributed by atoms with Crippen LogP contribution in [-0.2, 0) is 17.8 Å². The quantitative estimate of drug-likeness (QED) is 0.865. The van der Waals surface area contributed by atoms with Gasteiger partial charge in [0, 0.05) is 38.3 Å². The molecule has 1 saturated heterocycles. The summed E-state index contributed by atoms with van der Waals surface area (Å²) in [6, 6.07) is 6.47. The molecular weight excluding hydrogens is 228 g/mol. The number of nitrogens with one attached hydrogen (secondary N) is 1. The number of piperazine rings is 1. The highest BCUT2D eigenvalue weighted by molar-refractivity contribution is 5.37. The topological polar surface area (TPSA) is 33.7 Å². The van der Waals surface area contributed by atoms with E-state index in [1.165, 1.54) is 11.1 Å². The summed E-state index contributed by atoms with van der Waals surface area (Å²) in [7, 11) is 0. The first-order valence-electron chi connectivity index (χ1n) is 6.67. The molecule has 2 aliphatic rings. The molecule has 1 N–H and O–H groups in total. The summed E-state index contributed by atoms with van der Waals surface area (Å²) in [6.45, 7) is 6.76. The molecule has 18 heavy (non-hydrogen) atoms. The Morgan fingerprint density at radius 3 is 3.00 bits per heavy atom. The number of hydrogen-bond donors (Lipinski definition) is 1. The third-order valence-corrected chi connectivity index (χ3v) is 3.61. The van der Waals surface area contributed by atoms with E-state index < -0.39 is 0 Å². The van der Waals surface area contributed by atoms with Gasteiger partial charge in [0.25, 0.3) is 0 Å². The second-order valence-corrected chi connectivity index (χ2v) is 4.89. The lowest BCUT2D eigenvalue weighted by molar-refractivity contribution is -0.0164. The van der Waals surface area contributed by atoms with Crippen LogP contribution < -0.4 is 10.1 Å². The van der Waals surface area contributed by atoms with Crippen LogP contribution in [0.5, 0.6) is 5.75 Å². The van der Waals surface area contributed by atoms with Gasteiger partial charge in [-0.2, -0.15) is 0 Å². The molecule has 98 valence electrons. The lowest BCUT2D eigenvalue weighted by Gasteiger charge is -2.27. The van der Waals surface area contributed by atoms with E-state index in [0.717, 1.165) is 44.9 Å². The first kappa shape index (κ1) is 12.0. The molecular formula is C14H20N2O2. The number of hydrogen-bond acceptors (Lipinski definition) is 4. The Hall–Kier alpha value is -1.10. The van der Waals surface area contributed by atoms with Gasteiger partial charge >= 0.3 is 0 Å². The minimum atomic E-state index is 0.382. The third kappa shape index (κ3) is 2.83. The smallest absolute Gasteiger partial charge is 0.189 e. The molecule has 0 amide bonds. The van der Waals surface area contributed by atoms with Crippen molar-refractivity contribution < 1.29 is 9.47 Å². The van der Waals surface area contributed by atoms with Crippen molar-refractivity contribution in [1.82, 2.24) is 10.2 Å². The van der Waals surface area contributed by atoms with Gasteiger partial charge in [0.15, 0.2) is 6.79 Å². The van der Waals surface area contributed by atoms with Crippen LogP contribution in [0.2, 0.25) is 0 Å². The second kappa shape index (κ2) is 5.69.